The summed E-state index contributed by atoms with van der Waals surface area (Å²) in [6.45, 7) is 3.25. The van der Waals surface area contributed by atoms with E-state index in [4.69, 9.17) is 17.0 Å². The molecule has 0 saturated heterocycles. The minimum atomic E-state index is 0.0319. The van der Waals surface area contributed by atoms with Crippen molar-refractivity contribution in [2.45, 2.75) is 19.8 Å². The average Bonchev–Trinajstić information content (AvgIpc) is 2.52. The molecule has 1 rings (SSSR count). The fourth-order valence-corrected chi connectivity index (χ4v) is 2.55. The Bertz CT molecular complexity index is 398. The van der Waals surface area contributed by atoms with Gasteiger partial charge in [0.2, 0.25) is 5.91 Å². The molecule has 0 radical (unpaired) electrons. The van der Waals surface area contributed by atoms with Crippen LogP contribution in [0.2, 0.25) is 0 Å². The largest absolute Gasteiger partial charge is 0.385 e. The summed E-state index contributed by atoms with van der Waals surface area (Å²) in [5.41, 5.74) is 0.988. The number of ether oxygens (including phenoxy) is 1. The number of rotatable bonds is 6. The molecule has 6 heteroatoms. The monoisotopic (exact) mass is 260 g/mol. The smallest absolute Gasteiger partial charge is 0.225 e. The third-order valence-corrected chi connectivity index (χ3v) is 3.43. The van der Waals surface area contributed by atoms with Crippen LogP contribution in [-0.4, -0.2) is 31.2 Å². The Balaban J connectivity index is 2.34. The molecule has 4 nitrogen and oxygen atoms in total. The summed E-state index contributed by atoms with van der Waals surface area (Å²) < 4.78 is 5.62. The molecule has 0 aliphatic rings. The number of hydrogen-bond donors (Lipinski definition) is 2. The average molecular weight is 260 g/mol. The van der Waals surface area contributed by atoms with E-state index in [1.807, 2.05) is 6.92 Å². The van der Waals surface area contributed by atoms with Gasteiger partial charge in [-0.05, 0) is 25.6 Å². The second-order valence-corrected chi connectivity index (χ2v) is 5.21. The van der Waals surface area contributed by atoms with E-state index in [0.717, 1.165) is 20.9 Å². The SMILES string of the molecule is COCCCNC(=O)Cc1sc(=S)[nH]c1C. The Morgan fingerprint density at radius 2 is 2.38 bits per heavy atom. The van der Waals surface area contributed by atoms with Gasteiger partial charge in [0.15, 0.2) is 3.95 Å². The van der Waals surface area contributed by atoms with Crippen LogP contribution in [0.15, 0.2) is 0 Å². The summed E-state index contributed by atoms with van der Waals surface area (Å²) in [7, 11) is 1.65. The highest BCUT2D eigenvalue weighted by atomic mass is 32.1. The van der Waals surface area contributed by atoms with Crippen molar-refractivity contribution < 1.29 is 9.53 Å². The maximum atomic E-state index is 11.5. The first-order chi connectivity index (χ1) is 7.63. The lowest BCUT2D eigenvalue weighted by Gasteiger charge is -2.03. The molecule has 1 aromatic rings. The number of aromatic amines is 1. The van der Waals surface area contributed by atoms with Crippen molar-refractivity contribution in [3.63, 3.8) is 0 Å². The molecule has 16 heavy (non-hydrogen) atoms. The molecule has 1 aromatic heterocycles. The summed E-state index contributed by atoms with van der Waals surface area (Å²) in [6, 6.07) is 0. The van der Waals surface area contributed by atoms with Crippen LogP contribution in [0.5, 0.6) is 0 Å². The highest BCUT2D eigenvalue weighted by Crippen LogP contribution is 2.14. The van der Waals surface area contributed by atoms with E-state index in [9.17, 15) is 4.79 Å². The van der Waals surface area contributed by atoms with Crippen LogP contribution < -0.4 is 5.32 Å². The second kappa shape index (κ2) is 6.78. The van der Waals surface area contributed by atoms with Crippen LogP contribution in [-0.2, 0) is 16.0 Å². The van der Waals surface area contributed by atoms with Gasteiger partial charge < -0.3 is 15.0 Å². The van der Waals surface area contributed by atoms with Gasteiger partial charge in [0.25, 0.3) is 0 Å². The number of H-pyrrole nitrogens is 1. The number of hydrogen-bond acceptors (Lipinski definition) is 4. The minimum Gasteiger partial charge on any atom is -0.385 e. The van der Waals surface area contributed by atoms with Gasteiger partial charge in [-0.1, -0.05) is 0 Å². The van der Waals surface area contributed by atoms with E-state index < -0.39 is 0 Å². The molecular formula is C10H16N2O2S2. The minimum absolute atomic E-state index is 0.0319. The summed E-state index contributed by atoms with van der Waals surface area (Å²) in [5, 5.41) is 2.84. The number of amides is 1. The van der Waals surface area contributed by atoms with Crippen molar-refractivity contribution in [2.75, 3.05) is 20.3 Å². The van der Waals surface area contributed by atoms with Crippen LogP contribution >= 0.6 is 23.6 Å². The Morgan fingerprint density at radius 1 is 1.62 bits per heavy atom. The van der Waals surface area contributed by atoms with Gasteiger partial charge in [-0.2, -0.15) is 0 Å². The van der Waals surface area contributed by atoms with Crippen LogP contribution in [0, 0.1) is 10.9 Å². The number of aromatic nitrogens is 1. The molecule has 0 saturated carbocycles. The molecule has 0 unspecified atom stereocenters. The molecule has 1 heterocycles. The summed E-state index contributed by atoms with van der Waals surface area (Å²) in [4.78, 5) is 15.6. The van der Waals surface area contributed by atoms with Crippen molar-refractivity contribution in [1.82, 2.24) is 10.3 Å². The highest BCUT2D eigenvalue weighted by Gasteiger charge is 2.07. The van der Waals surface area contributed by atoms with Gasteiger partial charge in [0.05, 0.1) is 6.42 Å². The summed E-state index contributed by atoms with van der Waals surface area (Å²) >= 11 is 6.47. The molecule has 0 spiro atoms. The first kappa shape index (κ1) is 13.3. The maximum absolute atomic E-state index is 11.5. The van der Waals surface area contributed by atoms with E-state index >= 15 is 0 Å². The van der Waals surface area contributed by atoms with E-state index in [0.29, 0.717) is 19.6 Å². The number of thiazole rings is 1. The molecule has 0 fully saturated rings. The third-order valence-electron chi connectivity index (χ3n) is 2.09. The molecule has 1 amide bonds. The lowest BCUT2D eigenvalue weighted by molar-refractivity contribution is -0.120. The van der Waals surface area contributed by atoms with Crippen molar-refractivity contribution >= 4 is 29.5 Å². The van der Waals surface area contributed by atoms with E-state index in [2.05, 4.69) is 10.3 Å². The Morgan fingerprint density at radius 3 is 2.94 bits per heavy atom. The molecule has 0 aromatic carbocycles. The quantitative estimate of drug-likeness (QED) is 0.606. The standard InChI is InChI=1S/C10H16N2O2S2/c1-7-8(16-10(15)12-7)6-9(13)11-4-3-5-14-2/h3-6H2,1-2H3,(H,11,13)(H,12,15). The molecule has 0 aliphatic heterocycles. The van der Waals surface area contributed by atoms with Gasteiger partial charge in [-0.3, -0.25) is 4.79 Å². The number of aryl methyl sites for hydroxylation is 1. The number of carbonyl (C=O) groups excluding carboxylic acids is 1. The van der Waals surface area contributed by atoms with Crippen LogP contribution in [0.4, 0.5) is 0 Å². The van der Waals surface area contributed by atoms with Gasteiger partial charge in [0, 0.05) is 30.8 Å². The molecule has 0 bridgehead atoms. The Kier molecular flexibility index (Phi) is 5.65. The molecule has 0 atom stereocenters. The zero-order valence-corrected chi connectivity index (χ0v) is 11.1. The maximum Gasteiger partial charge on any atom is 0.225 e. The number of carbonyl (C=O) groups is 1. The zero-order valence-electron chi connectivity index (χ0n) is 9.46. The Hall–Kier alpha value is -0.720. The number of nitrogens with one attached hydrogen (secondary N) is 2. The van der Waals surface area contributed by atoms with Crippen molar-refractivity contribution in [2.24, 2.45) is 0 Å². The lowest BCUT2D eigenvalue weighted by Crippen LogP contribution is -2.26. The summed E-state index contributed by atoms with van der Waals surface area (Å²) in [5.74, 6) is 0.0319. The zero-order chi connectivity index (χ0) is 12.0. The van der Waals surface area contributed by atoms with Crippen LogP contribution in [0.25, 0.3) is 0 Å². The normalized spacial score (nSPS) is 10.4. The molecule has 90 valence electrons. The first-order valence-electron chi connectivity index (χ1n) is 5.07. The predicted octanol–water partition coefficient (Wildman–Crippen LogP) is 1.81. The second-order valence-electron chi connectivity index (χ2n) is 3.44. The van der Waals surface area contributed by atoms with Gasteiger partial charge in [-0.25, -0.2) is 0 Å². The first-order valence-corrected chi connectivity index (χ1v) is 6.30. The molecule has 2 N–H and O–H groups in total. The molecular weight excluding hydrogens is 244 g/mol. The fraction of sp³-hybridized carbons (Fsp3) is 0.600. The lowest BCUT2D eigenvalue weighted by atomic mass is 10.3. The van der Waals surface area contributed by atoms with Gasteiger partial charge in [0.1, 0.15) is 0 Å². The predicted molar refractivity (Wildman–Crippen MR) is 67.4 cm³/mol. The van der Waals surface area contributed by atoms with Crippen molar-refractivity contribution in [1.29, 1.82) is 0 Å². The van der Waals surface area contributed by atoms with Crippen molar-refractivity contribution in [3.05, 3.63) is 14.5 Å². The van der Waals surface area contributed by atoms with Crippen LogP contribution in [0.3, 0.4) is 0 Å². The van der Waals surface area contributed by atoms with E-state index in [-0.39, 0.29) is 5.91 Å². The fourth-order valence-electron chi connectivity index (χ4n) is 1.26. The number of methoxy groups -OCH3 is 1. The molecule has 0 aliphatic carbocycles. The van der Waals surface area contributed by atoms with Gasteiger partial charge >= 0.3 is 0 Å². The topological polar surface area (TPSA) is 54.1 Å². The van der Waals surface area contributed by atoms with E-state index in [1.54, 1.807) is 7.11 Å². The van der Waals surface area contributed by atoms with Crippen LogP contribution in [0.1, 0.15) is 17.0 Å². The van der Waals surface area contributed by atoms with Crippen molar-refractivity contribution in [3.8, 4) is 0 Å². The highest BCUT2D eigenvalue weighted by molar-refractivity contribution is 7.73. The third kappa shape index (κ3) is 4.42. The van der Waals surface area contributed by atoms with E-state index in [1.165, 1.54) is 11.3 Å². The Labute approximate surface area is 104 Å². The van der Waals surface area contributed by atoms with Gasteiger partial charge in [-0.15, -0.1) is 11.3 Å². The summed E-state index contributed by atoms with van der Waals surface area (Å²) in [6.07, 6.45) is 1.24.